The number of para-hydroxylation sites is 1. The Morgan fingerprint density at radius 3 is 2.70 bits per heavy atom. The van der Waals surface area contributed by atoms with Gasteiger partial charge in [-0.1, -0.05) is 37.6 Å². The molecule has 0 atom stereocenters. The highest BCUT2D eigenvalue weighted by Gasteiger charge is 2.08. The highest BCUT2D eigenvalue weighted by Crippen LogP contribution is 2.32. The van der Waals surface area contributed by atoms with E-state index in [9.17, 15) is 0 Å². The summed E-state index contributed by atoms with van der Waals surface area (Å²) in [7, 11) is 1.68. The summed E-state index contributed by atoms with van der Waals surface area (Å²) in [6, 6.07) is 5.98. The molecule has 0 unspecified atom stereocenters. The van der Waals surface area contributed by atoms with Crippen molar-refractivity contribution < 1.29 is 9.47 Å². The van der Waals surface area contributed by atoms with Gasteiger partial charge in [0.05, 0.1) is 13.7 Å². The first kappa shape index (κ1) is 16.6. The number of methoxy groups -OCH3 is 1. The maximum Gasteiger partial charge on any atom is 0.167 e. The van der Waals surface area contributed by atoms with Gasteiger partial charge in [-0.15, -0.1) is 0 Å². The van der Waals surface area contributed by atoms with E-state index < -0.39 is 0 Å². The topological polar surface area (TPSA) is 30.5 Å². The standard InChI is InChI=1S/C17H27NO2/c1-6-20-16-9-7-8-15(17(16)19-5)10-14(4)12-18-11-13(2)3/h7-10,13,18H,6,11-12H2,1-5H3. The molecule has 112 valence electrons. The molecule has 0 saturated heterocycles. The Hall–Kier alpha value is -1.48. The number of hydrogen-bond acceptors (Lipinski definition) is 3. The third-order valence-corrected chi connectivity index (χ3v) is 2.87. The lowest BCUT2D eigenvalue weighted by Gasteiger charge is -2.13. The Morgan fingerprint density at radius 2 is 2.10 bits per heavy atom. The molecule has 0 aliphatic carbocycles. The smallest absolute Gasteiger partial charge is 0.167 e. The molecule has 1 rings (SSSR count). The molecule has 0 heterocycles. The first-order valence-corrected chi connectivity index (χ1v) is 7.26. The van der Waals surface area contributed by atoms with E-state index in [0.29, 0.717) is 12.5 Å². The van der Waals surface area contributed by atoms with Gasteiger partial charge >= 0.3 is 0 Å². The Kier molecular flexibility index (Phi) is 7.16. The molecule has 0 saturated carbocycles. The number of nitrogens with one attached hydrogen (secondary N) is 1. The second-order valence-corrected chi connectivity index (χ2v) is 5.33. The van der Waals surface area contributed by atoms with Crippen LogP contribution in [0, 0.1) is 5.92 Å². The van der Waals surface area contributed by atoms with Gasteiger partial charge in [-0.2, -0.15) is 0 Å². The van der Waals surface area contributed by atoms with Crippen molar-refractivity contribution in [3.05, 3.63) is 29.3 Å². The summed E-state index contributed by atoms with van der Waals surface area (Å²) in [5, 5.41) is 3.44. The summed E-state index contributed by atoms with van der Waals surface area (Å²) in [5.41, 5.74) is 2.33. The molecule has 0 amide bonds. The molecule has 0 spiro atoms. The van der Waals surface area contributed by atoms with Crippen molar-refractivity contribution in [2.75, 3.05) is 26.8 Å². The zero-order valence-corrected chi connectivity index (χ0v) is 13.3. The largest absolute Gasteiger partial charge is 0.492 e. The quantitative estimate of drug-likeness (QED) is 0.785. The van der Waals surface area contributed by atoms with Crippen LogP contribution < -0.4 is 14.8 Å². The summed E-state index contributed by atoms with van der Waals surface area (Å²) in [6.45, 7) is 11.1. The summed E-state index contributed by atoms with van der Waals surface area (Å²) < 4.78 is 11.1. The van der Waals surface area contributed by atoms with E-state index in [1.165, 1.54) is 5.57 Å². The van der Waals surface area contributed by atoms with E-state index in [0.717, 1.165) is 30.2 Å². The predicted octanol–water partition coefficient (Wildman–Crippen LogP) is 3.74. The maximum absolute atomic E-state index is 5.59. The van der Waals surface area contributed by atoms with Crippen LogP contribution in [-0.4, -0.2) is 26.8 Å². The third kappa shape index (κ3) is 5.25. The SMILES string of the molecule is CCOc1cccc(C=C(C)CNCC(C)C)c1OC. The van der Waals surface area contributed by atoms with Crippen LogP contribution in [0.15, 0.2) is 23.8 Å². The van der Waals surface area contributed by atoms with Crippen LogP contribution in [0.5, 0.6) is 11.5 Å². The second-order valence-electron chi connectivity index (χ2n) is 5.33. The van der Waals surface area contributed by atoms with Crippen molar-refractivity contribution in [1.29, 1.82) is 0 Å². The molecule has 1 N–H and O–H groups in total. The molecule has 0 aliphatic heterocycles. The minimum Gasteiger partial charge on any atom is -0.492 e. The Morgan fingerprint density at radius 1 is 1.35 bits per heavy atom. The molecule has 3 heteroatoms. The molecule has 1 aromatic carbocycles. The van der Waals surface area contributed by atoms with E-state index in [1.807, 2.05) is 25.1 Å². The number of rotatable bonds is 8. The number of ether oxygens (including phenoxy) is 2. The number of hydrogen-bond donors (Lipinski definition) is 1. The van der Waals surface area contributed by atoms with Gasteiger partial charge < -0.3 is 14.8 Å². The first-order chi connectivity index (χ1) is 9.58. The lowest BCUT2D eigenvalue weighted by Crippen LogP contribution is -2.21. The fourth-order valence-corrected chi connectivity index (χ4v) is 2.01. The van der Waals surface area contributed by atoms with Gasteiger partial charge in [-0.25, -0.2) is 0 Å². The van der Waals surface area contributed by atoms with Crippen LogP contribution in [0.2, 0.25) is 0 Å². The van der Waals surface area contributed by atoms with Gasteiger partial charge in [-0.3, -0.25) is 0 Å². The van der Waals surface area contributed by atoms with Crippen LogP contribution in [0.4, 0.5) is 0 Å². The van der Waals surface area contributed by atoms with Crippen molar-refractivity contribution in [2.45, 2.75) is 27.7 Å². The Balaban J connectivity index is 2.81. The van der Waals surface area contributed by atoms with Crippen LogP contribution in [0.25, 0.3) is 6.08 Å². The van der Waals surface area contributed by atoms with Crippen LogP contribution in [0.1, 0.15) is 33.3 Å². The normalized spacial score (nSPS) is 11.8. The Labute approximate surface area is 123 Å². The van der Waals surface area contributed by atoms with E-state index in [-0.39, 0.29) is 0 Å². The fraction of sp³-hybridized carbons (Fsp3) is 0.529. The third-order valence-electron chi connectivity index (χ3n) is 2.87. The van der Waals surface area contributed by atoms with Gasteiger partial charge in [0, 0.05) is 12.1 Å². The molecule has 0 aliphatic rings. The fourth-order valence-electron chi connectivity index (χ4n) is 2.01. The van der Waals surface area contributed by atoms with Crippen LogP contribution >= 0.6 is 0 Å². The molecule has 0 fully saturated rings. The summed E-state index contributed by atoms with van der Waals surface area (Å²) in [5.74, 6) is 2.27. The maximum atomic E-state index is 5.59. The highest BCUT2D eigenvalue weighted by atomic mass is 16.5. The van der Waals surface area contributed by atoms with Crippen molar-refractivity contribution in [2.24, 2.45) is 5.92 Å². The van der Waals surface area contributed by atoms with Crippen LogP contribution in [-0.2, 0) is 0 Å². The summed E-state index contributed by atoms with van der Waals surface area (Å²) >= 11 is 0. The minimum atomic E-state index is 0.637. The summed E-state index contributed by atoms with van der Waals surface area (Å²) in [4.78, 5) is 0. The molecule has 0 aromatic heterocycles. The second kappa shape index (κ2) is 8.64. The van der Waals surface area contributed by atoms with E-state index in [2.05, 4.69) is 32.2 Å². The number of benzene rings is 1. The van der Waals surface area contributed by atoms with Crippen molar-refractivity contribution in [3.8, 4) is 11.5 Å². The summed E-state index contributed by atoms with van der Waals surface area (Å²) in [6.07, 6.45) is 2.15. The monoisotopic (exact) mass is 277 g/mol. The van der Waals surface area contributed by atoms with Gasteiger partial charge in [0.25, 0.3) is 0 Å². The van der Waals surface area contributed by atoms with Crippen molar-refractivity contribution in [3.63, 3.8) is 0 Å². The van der Waals surface area contributed by atoms with Gasteiger partial charge in [-0.05, 0) is 32.4 Å². The minimum absolute atomic E-state index is 0.637. The zero-order chi connectivity index (χ0) is 15.0. The highest BCUT2D eigenvalue weighted by molar-refractivity contribution is 5.64. The molecule has 1 aromatic rings. The lowest BCUT2D eigenvalue weighted by atomic mass is 10.1. The van der Waals surface area contributed by atoms with Crippen LogP contribution in [0.3, 0.4) is 0 Å². The molecular formula is C17H27NO2. The average molecular weight is 277 g/mol. The predicted molar refractivity (Wildman–Crippen MR) is 85.5 cm³/mol. The average Bonchev–Trinajstić information content (AvgIpc) is 2.39. The molecule has 0 bridgehead atoms. The molecule has 3 nitrogen and oxygen atoms in total. The molecule has 0 radical (unpaired) electrons. The molecular weight excluding hydrogens is 250 g/mol. The van der Waals surface area contributed by atoms with E-state index >= 15 is 0 Å². The van der Waals surface area contributed by atoms with E-state index in [1.54, 1.807) is 7.11 Å². The zero-order valence-electron chi connectivity index (χ0n) is 13.3. The molecule has 20 heavy (non-hydrogen) atoms. The Bertz CT molecular complexity index is 439. The van der Waals surface area contributed by atoms with Gasteiger partial charge in [0.2, 0.25) is 0 Å². The lowest BCUT2D eigenvalue weighted by molar-refractivity contribution is 0.310. The van der Waals surface area contributed by atoms with Gasteiger partial charge in [0.1, 0.15) is 0 Å². The first-order valence-electron chi connectivity index (χ1n) is 7.26. The van der Waals surface area contributed by atoms with E-state index in [4.69, 9.17) is 9.47 Å². The van der Waals surface area contributed by atoms with Crippen molar-refractivity contribution >= 4 is 6.08 Å². The van der Waals surface area contributed by atoms with Gasteiger partial charge in [0.15, 0.2) is 11.5 Å². The van der Waals surface area contributed by atoms with Crippen molar-refractivity contribution in [1.82, 2.24) is 5.32 Å².